The molecular formula is C16H26BrN. The van der Waals surface area contributed by atoms with E-state index in [-0.39, 0.29) is 0 Å². The molecule has 0 saturated heterocycles. The van der Waals surface area contributed by atoms with Crippen LogP contribution in [0.1, 0.15) is 51.5 Å². The number of rotatable bonds is 8. The van der Waals surface area contributed by atoms with E-state index >= 15 is 0 Å². The first-order valence-corrected chi connectivity index (χ1v) is 7.89. The topological polar surface area (TPSA) is 12.0 Å². The summed E-state index contributed by atoms with van der Waals surface area (Å²) in [4.78, 5) is 0. The maximum atomic E-state index is 3.68. The summed E-state index contributed by atoms with van der Waals surface area (Å²) in [6.07, 6.45) is 3.91. The van der Waals surface area contributed by atoms with Gasteiger partial charge in [-0.15, -0.1) is 0 Å². The number of likely N-dealkylation sites (N-methyl/N-ethyl adjacent to an activating group) is 1. The molecule has 0 aliphatic carbocycles. The van der Waals surface area contributed by atoms with Gasteiger partial charge in [-0.05, 0) is 36.4 Å². The molecule has 0 bridgehead atoms. The Labute approximate surface area is 120 Å². The Morgan fingerprint density at radius 1 is 1.17 bits per heavy atom. The van der Waals surface area contributed by atoms with Gasteiger partial charge in [-0.25, -0.2) is 0 Å². The molecule has 1 nitrogen and oxygen atoms in total. The van der Waals surface area contributed by atoms with Crippen molar-refractivity contribution in [2.24, 2.45) is 5.92 Å². The Morgan fingerprint density at radius 2 is 1.89 bits per heavy atom. The van der Waals surface area contributed by atoms with Gasteiger partial charge < -0.3 is 5.32 Å². The average molecular weight is 312 g/mol. The zero-order valence-electron chi connectivity index (χ0n) is 11.9. The van der Waals surface area contributed by atoms with E-state index in [1.807, 2.05) is 0 Å². The van der Waals surface area contributed by atoms with Crippen molar-refractivity contribution < 1.29 is 0 Å². The van der Waals surface area contributed by atoms with Crippen molar-refractivity contribution in [1.82, 2.24) is 5.32 Å². The van der Waals surface area contributed by atoms with Crippen LogP contribution in [0.15, 0.2) is 28.7 Å². The molecule has 1 unspecified atom stereocenters. The van der Waals surface area contributed by atoms with E-state index in [9.17, 15) is 0 Å². The summed E-state index contributed by atoms with van der Waals surface area (Å²) in [5, 5.41) is 3.49. The minimum absolute atomic E-state index is 0.624. The zero-order valence-corrected chi connectivity index (χ0v) is 13.5. The van der Waals surface area contributed by atoms with E-state index in [1.165, 1.54) is 29.3 Å². The lowest BCUT2D eigenvalue weighted by Crippen LogP contribution is -2.21. The van der Waals surface area contributed by atoms with E-state index in [1.54, 1.807) is 0 Å². The molecule has 1 atom stereocenters. The first kappa shape index (κ1) is 15.7. The normalized spacial score (nSPS) is 12.9. The van der Waals surface area contributed by atoms with Crippen molar-refractivity contribution in [2.45, 2.75) is 46.0 Å². The van der Waals surface area contributed by atoms with Crippen molar-refractivity contribution >= 4 is 15.9 Å². The zero-order chi connectivity index (χ0) is 13.4. The van der Waals surface area contributed by atoms with Gasteiger partial charge in [-0.2, -0.15) is 0 Å². The van der Waals surface area contributed by atoms with Gasteiger partial charge in [0.15, 0.2) is 0 Å². The summed E-state index contributed by atoms with van der Waals surface area (Å²) in [7, 11) is 0. The monoisotopic (exact) mass is 311 g/mol. The van der Waals surface area contributed by atoms with Crippen LogP contribution in [-0.2, 0) is 0 Å². The van der Waals surface area contributed by atoms with Gasteiger partial charge in [-0.3, -0.25) is 0 Å². The molecule has 0 aliphatic heterocycles. The van der Waals surface area contributed by atoms with Crippen molar-refractivity contribution in [3.05, 3.63) is 34.3 Å². The predicted octanol–water partition coefficient (Wildman–Crippen LogP) is 4.97. The second-order valence-corrected chi connectivity index (χ2v) is 6.21. The average Bonchev–Trinajstić information content (AvgIpc) is 2.34. The highest BCUT2D eigenvalue weighted by Crippen LogP contribution is 2.28. The molecule has 0 aromatic heterocycles. The highest BCUT2D eigenvalue weighted by atomic mass is 79.9. The van der Waals surface area contributed by atoms with E-state index < -0.39 is 0 Å². The molecule has 1 aromatic rings. The lowest BCUT2D eigenvalue weighted by Gasteiger charge is -2.19. The minimum atomic E-state index is 0.624. The summed E-state index contributed by atoms with van der Waals surface area (Å²) in [5.41, 5.74) is 1.45. The van der Waals surface area contributed by atoms with E-state index in [0.29, 0.717) is 5.92 Å². The Kier molecular flexibility index (Phi) is 7.60. The van der Waals surface area contributed by atoms with E-state index in [0.717, 1.165) is 19.0 Å². The fraction of sp³-hybridized carbons (Fsp3) is 0.625. The molecule has 0 saturated carbocycles. The Hall–Kier alpha value is -0.340. The number of nitrogens with one attached hydrogen (secondary N) is 1. The molecule has 1 aromatic carbocycles. The fourth-order valence-corrected chi connectivity index (χ4v) is 2.87. The van der Waals surface area contributed by atoms with Crippen molar-refractivity contribution in [3.63, 3.8) is 0 Å². The molecule has 2 heteroatoms. The molecule has 1 N–H and O–H groups in total. The lowest BCUT2D eigenvalue weighted by molar-refractivity contribution is 0.483. The summed E-state index contributed by atoms with van der Waals surface area (Å²) in [5.74, 6) is 1.43. The Morgan fingerprint density at radius 3 is 2.50 bits per heavy atom. The SMILES string of the molecule is CCNCC(CCCC(C)C)c1ccccc1Br. The lowest BCUT2D eigenvalue weighted by atomic mass is 9.92. The van der Waals surface area contributed by atoms with Crippen LogP contribution in [-0.4, -0.2) is 13.1 Å². The number of halogens is 1. The third-order valence-electron chi connectivity index (χ3n) is 3.32. The molecule has 0 heterocycles. The highest BCUT2D eigenvalue weighted by molar-refractivity contribution is 9.10. The Bertz CT molecular complexity index is 336. The van der Waals surface area contributed by atoms with Crippen LogP contribution in [0.25, 0.3) is 0 Å². The second-order valence-electron chi connectivity index (χ2n) is 5.35. The Balaban J connectivity index is 2.62. The van der Waals surface area contributed by atoms with Crippen molar-refractivity contribution in [2.75, 3.05) is 13.1 Å². The van der Waals surface area contributed by atoms with Crippen LogP contribution in [0.4, 0.5) is 0 Å². The summed E-state index contributed by atoms with van der Waals surface area (Å²) in [6, 6.07) is 8.63. The first-order chi connectivity index (χ1) is 8.65. The van der Waals surface area contributed by atoms with Gasteiger partial charge in [0.2, 0.25) is 0 Å². The number of benzene rings is 1. The summed E-state index contributed by atoms with van der Waals surface area (Å²) >= 11 is 3.68. The molecule has 0 amide bonds. The molecule has 0 radical (unpaired) electrons. The smallest absolute Gasteiger partial charge is 0.0210 e. The van der Waals surface area contributed by atoms with Crippen LogP contribution in [0, 0.1) is 5.92 Å². The maximum absolute atomic E-state index is 3.68. The third-order valence-corrected chi connectivity index (χ3v) is 4.04. The largest absolute Gasteiger partial charge is 0.316 e. The fourth-order valence-electron chi connectivity index (χ4n) is 2.26. The standard InChI is InChI=1S/C16H26BrN/c1-4-18-12-14(9-7-8-13(2)3)15-10-5-6-11-16(15)17/h5-6,10-11,13-14,18H,4,7-9,12H2,1-3H3. The predicted molar refractivity (Wildman–Crippen MR) is 84.1 cm³/mol. The summed E-state index contributed by atoms with van der Waals surface area (Å²) < 4.78 is 1.25. The molecule has 1 rings (SSSR count). The van der Waals surface area contributed by atoms with Crippen LogP contribution in [0.2, 0.25) is 0 Å². The van der Waals surface area contributed by atoms with E-state index in [4.69, 9.17) is 0 Å². The second kappa shape index (κ2) is 8.71. The van der Waals surface area contributed by atoms with Gasteiger partial charge in [0, 0.05) is 11.0 Å². The highest BCUT2D eigenvalue weighted by Gasteiger charge is 2.13. The van der Waals surface area contributed by atoms with Gasteiger partial charge in [0.05, 0.1) is 0 Å². The first-order valence-electron chi connectivity index (χ1n) is 7.10. The molecule has 0 spiro atoms. The van der Waals surface area contributed by atoms with Gasteiger partial charge in [0.1, 0.15) is 0 Å². The van der Waals surface area contributed by atoms with Crippen molar-refractivity contribution in [3.8, 4) is 0 Å². The molecule has 102 valence electrons. The van der Waals surface area contributed by atoms with Gasteiger partial charge in [-0.1, -0.05) is 67.7 Å². The van der Waals surface area contributed by atoms with Crippen LogP contribution in [0.5, 0.6) is 0 Å². The minimum Gasteiger partial charge on any atom is -0.316 e. The van der Waals surface area contributed by atoms with Crippen LogP contribution >= 0.6 is 15.9 Å². The molecule has 18 heavy (non-hydrogen) atoms. The molecular weight excluding hydrogens is 286 g/mol. The van der Waals surface area contributed by atoms with Crippen LogP contribution < -0.4 is 5.32 Å². The quantitative estimate of drug-likeness (QED) is 0.715. The van der Waals surface area contributed by atoms with Crippen LogP contribution in [0.3, 0.4) is 0 Å². The van der Waals surface area contributed by atoms with Gasteiger partial charge in [0.25, 0.3) is 0 Å². The molecule has 0 fully saturated rings. The number of hydrogen-bond donors (Lipinski definition) is 1. The van der Waals surface area contributed by atoms with Crippen molar-refractivity contribution in [1.29, 1.82) is 0 Å². The number of hydrogen-bond acceptors (Lipinski definition) is 1. The third kappa shape index (κ3) is 5.53. The molecule has 0 aliphatic rings. The van der Waals surface area contributed by atoms with Gasteiger partial charge >= 0.3 is 0 Å². The maximum Gasteiger partial charge on any atom is 0.0210 e. The van der Waals surface area contributed by atoms with E-state index in [2.05, 4.69) is 66.3 Å². The summed E-state index contributed by atoms with van der Waals surface area (Å²) in [6.45, 7) is 8.91.